The fourth-order valence-corrected chi connectivity index (χ4v) is 3.59. The predicted molar refractivity (Wildman–Crippen MR) is 103 cm³/mol. The van der Waals surface area contributed by atoms with E-state index in [2.05, 4.69) is 49.9 Å². The fraction of sp³-hybridized carbons (Fsp3) is 0.905. The van der Waals surface area contributed by atoms with Crippen molar-refractivity contribution in [1.29, 1.82) is 0 Å². The smallest absolute Gasteiger partial charge is 0.101 e. The molecule has 0 bridgehead atoms. The topological polar surface area (TPSA) is 6.48 Å². The van der Waals surface area contributed by atoms with Crippen molar-refractivity contribution >= 4 is 0 Å². The summed E-state index contributed by atoms with van der Waals surface area (Å²) in [5.74, 6) is 0. The second-order valence-electron chi connectivity index (χ2n) is 7.53. The summed E-state index contributed by atoms with van der Waals surface area (Å²) in [4.78, 5) is 5.16. The molecule has 2 nitrogen and oxygen atoms in total. The molecule has 2 heteroatoms. The molecule has 0 saturated carbocycles. The van der Waals surface area contributed by atoms with Crippen molar-refractivity contribution in [3.8, 4) is 0 Å². The van der Waals surface area contributed by atoms with Gasteiger partial charge in [0.25, 0.3) is 0 Å². The van der Waals surface area contributed by atoms with E-state index in [1.54, 1.807) is 0 Å². The van der Waals surface area contributed by atoms with Crippen LogP contribution in [-0.2, 0) is 0 Å². The largest absolute Gasteiger partial charge is 0.356 e. The Kier molecular flexibility index (Phi) is 11.3. The van der Waals surface area contributed by atoms with E-state index in [1.165, 1.54) is 83.6 Å². The first-order valence-corrected chi connectivity index (χ1v) is 10.4. The van der Waals surface area contributed by atoms with Crippen LogP contribution in [0.15, 0.2) is 12.4 Å². The molecular weight excluding hydrogens is 280 g/mol. The summed E-state index contributed by atoms with van der Waals surface area (Å²) in [7, 11) is 0. The minimum atomic E-state index is 0.612. The SMILES string of the molecule is CCCCCCCCCCC1N(CCCCC)C=CN1C(C)C. The minimum absolute atomic E-state index is 0.612. The summed E-state index contributed by atoms with van der Waals surface area (Å²) >= 11 is 0. The summed E-state index contributed by atoms with van der Waals surface area (Å²) in [6.45, 7) is 10.5. The van der Waals surface area contributed by atoms with Gasteiger partial charge in [-0.25, -0.2) is 0 Å². The molecule has 0 saturated heterocycles. The Labute approximate surface area is 146 Å². The van der Waals surface area contributed by atoms with E-state index in [-0.39, 0.29) is 0 Å². The summed E-state index contributed by atoms with van der Waals surface area (Å²) in [5, 5.41) is 0. The second-order valence-corrected chi connectivity index (χ2v) is 7.53. The molecule has 0 spiro atoms. The Bertz CT molecular complexity index is 298. The first-order valence-electron chi connectivity index (χ1n) is 10.4. The van der Waals surface area contributed by atoms with Crippen LogP contribution in [0.2, 0.25) is 0 Å². The number of unbranched alkanes of at least 4 members (excludes halogenated alkanes) is 9. The van der Waals surface area contributed by atoms with Crippen molar-refractivity contribution in [2.75, 3.05) is 6.54 Å². The van der Waals surface area contributed by atoms with Gasteiger partial charge in [-0.3, -0.25) is 0 Å². The highest BCUT2D eigenvalue weighted by Gasteiger charge is 2.26. The van der Waals surface area contributed by atoms with Gasteiger partial charge in [0.05, 0.1) is 0 Å². The molecule has 136 valence electrons. The average molecular weight is 323 g/mol. The minimum Gasteiger partial charge on any atom is -0.356 e. The zero-order valence-corrected chi connectivity index (χ0v) is 16.4. The third kappa shape index (κ3) is 8.13. The van der Waals surface area contributed by atoms with Crippen LogP contribution in [0.1, 0.15) is 105 Å². The van der Waals surface area contributed by atoms with Gasteiger partial charge in [-0.1, -0.05) is 71.6 Å². The molecule has 1 atom stereocenters. The third-order valence-corrected chi connectivity index (χ3v) is 5.09. The second kappa shape index (κ2) is 12.7. The lowest BCUT2D eigenvalue weighted by molar-refractivity contribution is 0.114. The molecule has 23 heavy (non-hydrogen) atoms. The number of nitrogens with zero attached hydrogens (tertiary/aromatic N) is 2. The summed E-state index contributed by atoms with van der Waals surface area (Å²) in [5.41, 5.74) is 0. The lowest BCUT2D eigenvalue weighted by atomic mass is 10.1. The third-order valence-electron chi connectivity index (χ3n) is 5.09. The Balaban J connectivity index is 2.23. The van der Waals surface area contributed by atoms with Crippen LogP contribution in [0.4, 0.5) is 0 Å². The average Bonchev–Trinajstić information content (AvgIpc) is 2.93. The van der Waals surface area contributed by atoms with Crippen LogP contribution in [0.25, 0.3) is 0 Å². The highest BCUT2D eigenvalue weighted by molar-refractivity contribution is 4.98. The van der Waals surface area contributed by atoms with E-state index in [9.17, 15) is 0 Å². The van der Waals surface area contributed by atoms with Gasteiger partial charge in [0.2, 0.25) is 0 Å². The first kappa shape index (κ1) is 20.4. The van der Waals surface area contributed by atoms with Gasteiger partial charge in [-0.05, 0) is 33.1 Å². The molecule has 0 aromatic rings. The lowest BCUT2D eigenvalue weighted by Crippen LogP contribution is -2.42. The summed E-state index contributed by atoms with van der Waals surface area (Å²) in [6, 6.07) is 0.612. The lowest BCUT2D eigenvalue weighted by Gasteiger charge is -2.35. The van der Waals surface area contributed by atoms with Gasteiger partial charge in [0, 0.05) is 25.0 Å². The van der Waals surface area contributed by atoms with Gasteiger partial charge < -0.3 is 9.80 Å². The van der Waals surface area contributed by atoms with Crippen LogP contribution in [0, 0.1) is 0 Å². The van der Waals surface area contributed by atoms with Crippen LogP contribution in [0.5, 0.6) is 0 Å². The zero-order chi connectivity index (χ0) is 16.9. The molecule has 0 amide bonds. The molecule has 0 radical (unpaired) electrons. The van der Waals surface area contributed by atoms with E-state index in [4.69, 9.17) is 0 Å². The van der Waals surface area contributed by atoms with Crippen LogP contribution >= 0.6 is 0 Å². The molecule has 1 rings (SSSR count). The Morgan fingerprint density at radius 2 is 1.30 bits per heavy atom. The molecular formula is C21H42N2. The van der Waals surface area contributed by atoms with Crippen molar-refractivity contribution in [1.82, 2.24) is 9.80 Å². The summed E-state index contributed by atoms with van der Waals surface area (Å²) in [6.07, 6.45) is 21.9. The van der Waals surface area contributed by atoms with Gasteiger partial charge in [-0.15, -0.1) is 0 Å². The number of hydrogen-bond donors (Lipinski definition) is 0. The Hall–Kier alpha value is -0.660. The molecule has 0 N–H and O–H groups in total. The van der Waals surface area contributed by atoms with Crippen LogP contribution in [0.3, 0.4) is 0 Å². The van der Waals surface area contributed by atoms with Crippen LogP contribution in [-0.4, -0.2) is 28.6 Å². The van der Waals surface area contributed by atoms with Crippen LogP contribution < -0.4 is 0 Å². The maximum absolute atomic E-state index is 2.59. The molecule has 0 aromatic carbocycles. The molecule has 1 heterocycles. The molecule has 0 fully saturated rings. The highest BCUT2D eigenvalue weighted by Crippen LogP contribution is 2.24. The normalized spacial score (nSPS) is 17.7. The quantitative estimate of drug-likeness (QED) is 0.335. The Morgan fingerprint density at radius 1 is 0.739 bits per heavy atom. The highest BCUT2D eigenvalue weighted by atomic mass is 15.4. The molecule has 0 aromatic heterocycles. The molecule has 1 aliphatic rings. The van der Waals surface area contributed by atoms with Gasteiger partial charge in [0.1, 0.15) is 6.17 Å². The van der Waals surface area contributed by atoms with E-state index in [0.717, 1.165) is 0 Å². The van der Waals surface area contributed by atoms with E-state index in [0.29, 0.717) is 12.2 Å². The zero-order valence-electron chi connectivity index (χ0n) is 16.4. The monoisotopic (exact) mass is 322 g/mol. The van der Waals surface area contributed by atoms with E-state index >= 15 is 0 Å². The van der Waals surface area contributed by atoms with Crippen molar-refractivity contribution in [2.45, 2.75) is 117 Å². The fourth-order valence-electron chi connectivity index (χ4n) is 3.59. The maximum atomic E-state index is 2.59. The Morgan fingerprint density at radius 3 is 1.91 bits per heavy atom. The van der Waals surface area contributed by atoms with Crippen molar-refractivity contribution in [3.05, 3.63) is 12.4 Å². The predicted octanol–water partition coefficient (Wildman–Crippen LogP) is 6.53. The number of rotatable bonds is 14. The molecule has 0 aliphatic carbocycles. The summed E-state index contributed by atoms with van der Waals surface area (Å²) < 4.78 is 0. The van der Waals surface area contributed by atoms with E-state index in [1.807, 2.05) is 0 Å². The van der Waals surface area contributed by atoms with Crippen molar-refractivity contribution < 1.29 is 0 Å². The maximum Gasteiger partial charge on any atom is 0.101 e. The molecule has 1 aliphatic heterocycles. The van der Waals surface area contributed by atoms with Gasteiger partial charge in [0.15, 0.2) is 0 Å². The van der Waals surface area contributed by atoms with E-state index < -0.39 is 0 Å². The van der Waals surface area contributed by atoms with Crippen molar-refractivity contribution in [3.63, 3.8) is 0 Å². The number of hydrogen-bond acceptors (Lipinski definition) is 2. The molecule has 1 unspecified atom stereocenters. The standard InChI is InChI=1S/C21H42N2/c1-5-7-9-10-11-12-13-14-16-21-22(17-15-8-6-2)18-19-23(21)20(3)4/h18-21H,5-17H2,1-4H3. The van der Waals surface area contributed by atoms with Crippen molar-refractivity contribution in [2.24, 2.45) is 0 Å². The van der Waals surface area contributed by atoms with Gasteiger partial charge in [-0.2, -0.15) is 0 Å². The van der Waals surface area contributed by atoms with Gasteiger partial charge >= 0.3 is 0 Å². The first-order chi connectivity index (χ1) is 11.2.